The Labute approximate surface area is 273 Å². The Morgan fingerprint density at radius 3 is 0.600 bits per heavy atom. The highest BCUT2D eigenvalue weighted by Gasteiger charge is 2.89. The molecular weight excluding hydrogens is 910 g/mol. The van der Waals surface area contributed by atoms with E-state index in [1.165, 1.54) is 0 Å². The molecule has 0 radical (unpaired) electrons. The molecule has 0 aromatic heterocycles. The van der Waals surface area contributed by atoms with Crippen LogP contribution in [0.25, 0.3) is 0 Å². The molecule has 0 unspecified atom stereocenters. The van der Waals surface area contributed by atoms with Crippen LogP contribution in [0.1, 0.15) is 0 Å². The standard InChI is InChI=1S/C18F34O3/c19-3(20)1(5(23,24)7(27,28)15(45,46)54-17(49,50)11(35,36)9(31,32)13(39,40)41)53-2(4(21)22)6(25,26)8(29,30)16(47,48)55-18(51,52)12(37,38)10(33,34)14(42,43)44. The highest BCUT2D eigenvalue weighted by molar-refractivity contribution is 5.22. The Bertz CT molecular complexity index is 1340. The summed E-state index contributed by atoms with van der Waals surface area (Å²) in [5, 5.41) is 0. The van der Waals surface area contributed by atoms with E-state index in [0.717, 1.165) is 9.47 Å². The van der Waals surface area contributed by atoms with Crippen LogP contribution in [0, 0.1) is 0 Å². The zero-order chi connectivity index (χ0) is 45.4. The number of halogens is 34. The van der Waals surface area contributed by atoms with Crippen LogP contribution in [0.2, 0.25) is 0 Å². The van der Waals surface area contributed by atoms with Gasteiger partial charge in [0.25, 0.3) is 0 Å². The lowest BCUT2D eigenvalue weighted by Gasteiger charge is -2.39. The fourth-order valence-corrected chi connectivity index (χ4v) is 2.50. The molecule has 0 aromatic rings. The molecule has 0 saturated heterocycles. The second kappa shape index (κ2) is 13.7. The maximum absolute atomic E-state index is 14.1. The summed E-state index contributed by atoms with van der Waals surface area (Å²) in [5.41, 5.74) is 0. The second-order valence-electron chi connectivity index (χ2n) is 9.14. The van der Waals surface area contributed by atoms with Gasteiger partial charge in [0, 0.05) is 0 Å². The summed E-state index contributed by atoms with van der Waals surface area (Å²) < 4.78 is 450. The fraction of sp³-hybridized carbons (Fsp3) is 0.778. The van der Waals surface area contributed by atoms with E-state index in [4.69, 9.17) is 0 Å². The van der Waals surface area contributed by atoms with Crippen LogP contribution < -0.4 is 0 Å². The molecular formula is C18F34O3. The van der Waals surface area contributed by atoms with Gasteiger partial charge >= 0.3 is 96.3 Å². The van der Waals surface area contributed by atoms with Crippen LogP contribution in [0.15, 0.2) is 23.7 Å². The monoisotopic (exact) mass is 910 g/mol. The molecule has 0 N–H and O–H groups in total. The highest BCUT2D eigenvalue weighted by Crippen LogP contribution is 2.61. The van der Waals surface area contributed by atoms with Crippen molar-refractivity contribution in [3.8, 4) is 0 Å². The Morgan fingerprint density at radius 1 is 0.255 bits per heavy atom. The maximum Gasteiger partial charge on any atom is 0.460 e. The quantitative estimate of drug-likeness (QED) is 0.114. The van der Waals surface area contributed by atoms with Crippen LogP contribution >= 0.6 is 0 Å². The summed E-state index contributed by atoms with van der Waals surface area (Å²) in [6, 6.07) is 0. The molecule has 328 valence electrons. The predicted molar refractivity (Wildman–Crippen MR) is 93.2 cm³/mol. The van der Waals surface area contributed by atoms with Gasteiger partial charge in [-0.05, 0) is 0 Å². The Balaban J connectivity index is 7.32. The molecule has 0 atom stereocenters. The van der Waals surface area contributed by atoms with Gasteiger partial charge in [-0.15, -0.1) is 0 Å². The van der Waals surface area contributed by atoms with E-state index >= 15 is 0 Å². The lowest BCUT2D eigenvalue weighted by Crippen LogP contribution is -2.66. The normalized spacial score (nSPS) is 16.0. The second-order valence-corrected chi connectivity index (χ2v) is 9.14. The minimum Gasteiger partial charge on any atom is -0.442 e. The first kappa shape index (κ1) is 51.8. The molecule has 0 rings (SSSR count). The van der Waals surface area contributed by atoms with Crippen molar-refractivity contribution in [2.24, 2.45) is 0 Å². The molecule has 0 aliphatic carbocycles. The van der Waals surface area contributed by atoms with Crippen molar-refractivity contribution in [2.75, 3.05) is 0 Å². The van der Waals surface area contributed by atoms with Crippen LogP contribution in [0.5, 0.6) is 0 Å². The fourth-order valence-electron chi connectivity index (χ4n) is 2.50. The molecule has 0 heterocycles. The van der Waals surface area contributed by atoms with Gasteiger partial charge in [-0.3, -0.25) is 0 Å². The zero-order valence-electron chi connectivity index (χ0n) is 23.1. The summed E-state index contributed by atoms with van der Waals surface area (Å²) in [5.74, 6) is -81.1. The number of ether oxygens (including phenoxy) is 3. The van der Waals surface area contributed by atoms with Gasteiger partial charge < -0.3 is 4.74 Å². The summed E-state index contributed by atoms with van der Waals surface area (Å²) in [6.07, 6.45) is -62.0. The lowest BCUT2D eigenvalue weighted by molar-refractivity contribution is -0.513. The summed E-state index contributed by atoms with van der Waals surface area (Å²) >= 11 is 0. The topological polar surface area (TPSA) is 27.7 Å². The third-order valence-electron chi connectivity index (χ3n) is 5.38. The zero-order valence-corrected chi connectivity index (χ0v) is 23.1. The molecule has 0 aliphatic heterocycles. The van der Waals surface area contributed by atoms with Crippen molar-refractivity contribution in [2.45, 2.75) is 84.2 Å². The van der Waals surface area contributed by atoms with E-state index in [-0.39, 0.29) is 0 Å². The van der Waals surface area contributed by atoms with E-state index < -0.39 is 108 Å². The van der Waals surface area contributed by atoms with Crippen LogP contribution in [-0.2, 0) is 14.2 Å². The molecule has 0 bridgehead atoms. The largest absolute Gasteiger partial charge is 0.460 e. The van der Waals surface area contributed by atoms with Gasteiger partial charge in [-0.2, -0.15) is 149 Å². The molecule has 0 amide bonds. The van der Waals surface area contributed by atoms with Gasteiger partial charge in [0.15, 0.2) is 0 Å². The van der Waals surface area contributed by atoms with Gasteiger partial charge in [0.05, 0.1) is 0 Å². The third kappa shape index (κ3) is 8.03. The highest BCUT2D eigenvalue weighted by atomic mass is 19.4. The van der Waals surface area contributed by atoms with Crippen molar-refractivity contribution in [1.82, 2.24) is 0 Å². The van der Waals surface area contributed by atoms with Crippen molar-refractivity contribution in [3.63, 3.8) is 0 Å². The van der Waals surface area contributed by atoms with Crippen LogP contribution in [0.4, 0.5) is 149 Å². The minimum atomic E-state index is -9.01. The maximum atomic E-state index is 14.1. The minimum absolute atomic E-state index is 0.840. The van der Waals surface area contributed by atoms with Crippen LogP contribution in [-0.4, -0.2) is 84.2 Å². The number of hydrogen-bond donors (Lipinski definition) is 0. The first-order valence-electron chi connectivity index (χ1n) is 11.2. The molecule has 55 heavy (non-hydrogen) atoms. The Kier molecular flexibility index (Phi) is 12.9. The predicted octanol–water partition coefficient (Wildman–Crippen LogP) is 11.8. The van der Waals surface area contributed by atoms with Gasteiger partial charge in [0.1, 0.15) is 0 Å². The third-order valence-corrected chi connectivity index (χ3v) is 5.38. The average molecular weight is 910 g/mol. The summed E-state index contributed by atoms with van der Waals surface area (Å²) in [6.45, 7) is 0. The summed E-state index contributed by atoms with van der Waals surface area (Å²) in [4.78, 5) is 0. The van der Waals surface area contributed by atoms with Crippen molar-refractivity contribution in [1.29, 1.82) is 0 Å². The molecule has 0 saturated carbocycles. The van der Waals surface area contributed by atoms with Crippen molar-refractivity contribution >= 4 is 0 Å². The SMILES string of the molecule is FC(F)=C(OC(=C(F)F)C(F)(F)C(F)(F)C(F)(F)OC(F)(F)C(F)(F)C(F)(F)C(F)(F)F)C(F)(F)C(F)(F)C(F)(F)OC(F)(F)C(F)(F)C(F)(F)C(F)(F)F. The summed E-state index contributed by atoms with van der Waals surface area (Å²) in [7, 11) is 0. The van der Waals surface area contributed by atoms with Gasteiger partial charge in [-0.25, -0.2) is 9.47 Å². The average Bonchev–Trinajstić information content (AvgIpc) is 2.89. The molecule has 0 fully saturated rings. The number of allylic oxidation sites excluding steroid dienone is 2. The first-order valence-corrected chi connectivity index (χ1v) is 11.2. The van der Waals surface area contributed by atoms with E-state index in [9.17, 15) is 149 Å². The first-order chi connectivity index (χ1) is 23.3. The molecule has 37 heteroatoms. The van der Waals surface area contributed by atoms with Gasteiger partial charge in [0.2, 0.25) is 11.5 Å². The number of alkyl halides is 30. The van der Waals surface area contributed by atoms with E-state index in [2.05, 4.69) is 0 Å². The van der Waals surface area contributed by atoms with E-state index in [1.54, 1.807) is 4.74 Å². The van der Waals surface area contributed by atoms with E-state index in [1.807, 2.05) is 0 Å². The molecule has 0 aliphatic rings. The van der Waals surface area contributed by atoms with Crippen molar-refractivity contribution < 1.29 is 163 Å². The Morgan fingerprint density at radius 2 is 0.436 bits per heavy atom. The van der Waals surface area contributed by atoms with Crippen LogP contribution in [0.3, 0.4) is 0 Å². The molecule has 3 nitrogen and oxygen atoms in total. The smallest absolute Gasteiger partial charge is 0.442 e. The van der Waals surface area contributed by atoms with Crippen molar-refractivity contribution in [3.05, 3.63) is 23.7 Å². The molecule has 0 spiro atoms. The number of rotatable bonds is 16. The Hall–Kier alpha value is -3.18. The van der Waals surface area contributed by atoms with E-state index in [0.29, 0.717) is 0 Å². The molecule has 0 aromatic carbocycles. The lowest BCUT2D eigenvalue weighted by atomic mass is 10.1. The van der Waals surface area contributed by atoms with Gasteiger partial charge in [-0.1, -0.05) is 0 Å². The number of hydrogen-bond acceptors (Lipinski definition) is 3.